The Hall–Kier alpha value is -2.46. The first-order chi connectivity index (χ1) is 13.0. The van der Waals surface area contributed by atoms with Gasteiger partial charge in [0.15, 0.2) is 0 Å². The molecule has 1 fully saturated rings. The Bertz CT molecular complexity index is 884. The first-order valence-corrected chi connectivity index (χ1v) is 9.54. The van der Waals surface area contributed by atoms with Crippen molar-refractivity contribution in [3.8, 4) is 0 Å². The van der Waals surface area contributed by atoms with E-state index >= 15 is 0 Å². The van der Waals surface area contributed by atoms with Crippen molar-refractivity contribution in [2.24, 2.45) is 0 Å². The zero-order valence-electron chi connectivity index (χ0n) is 15.7. The predicted molar refractivity (Wildman–Crippen MR) is 107 cm³/mol. The number of carbonyl (C=O) groups excluding carboxylic acids is 1. The van der Waals surface area contributed by atoms with Crippen LogP contribution in [0.3, 0.4) is 0 Å². The standard InChI is InChI=1S/C23H25FN2O/c1-3-11-25-12-9-23(10-13-25)16-26(21-8-7-17(2)14-20(21)23)22(27)18-5-4-6-19(24)15-18/h3-8,14-15H,1,9-13,16H2,2H3. The highest BCUT2D eigenvalue weighted by Gasteiger charge is 2.46. The lowest BCUT2D eigenvalue weighted by Gasteiger charge is -2.39. The number of fused-ring (bicyclic) bond motifs is 2. The quantitative estimate of drug-likeness (QED) is 0.758. The van der Waals surface area contributed by atoms with Gasteiger partial charge in [0.25, 0.3) is 5.91 Å². The number of piperidine rings is 1. The number of benzene rings is 2. The Labute approximate surface area is 160 Å². The topological polar surface area (TPSA) is 23.6 Å². The van der Waals surface area contributed by atoms with E-state index in [2.05, 4.69) is 30.5 Å². The van der Waals surface area contributed by atoms with E-state index in [0.29, 0.717) is 12.1 Å². The van der Waals surface area contributed by atoms with Gasteiger partial charge in [-0.3, -0.25) is 9.69 Å². The Morgan fingerprint density at radius 2 is 2.00 bits per heavy atom. The van der Waals surface area contributed by atoms with E-state index in [0.717, 1.165) is 38.2 Å². The third-order valence-electron chi connectivity index (χ3n) is 5.99. The van der Waals surface area contributed by atoms with Gasteiger partial charge in [-0.2, -0.15) is 0 Å². The molecule has 3 nitrogen and oxygen atoms in total. The van der Waals surface area contributed by atoms with Crippen LogP contribution in [-0.2, 0) is 5.41 Å². The largest absolute Gasteiger partial charge is 0.307 e. The van der Waals surface area contributed by atoms with E-state index in [1.807, 2.05) is 17.0 Å². The van der Waals surface area contributed by atoms with Crippen LogP contribution in [0.25, 0.3) is 0 Å². The van der Waals surface area contributed by atoms with E-state index < -0.39 is 0 Å². The van der Waals surface area contributed by atoms with Gasteiger partial charge in [-0.25, -0.2) is 4.39 Å². The molecule has 1 saturated heterocycles. The predicted octanol–water partition coefficient (Wildman–Crippen LogP) is 4.31. The molecule has 2 aliphatic rings. The van der Waals surface area contributed by atoms with Gasteiger partial charge < -0.3 is 4.90 Å². The number of rotatable bonds is 3. The Balaban J connectivity index is 1.68. The highest BCUT2D eigenvalue weighted by molar-refractivity contribution is 6.07. The van der Waals surface area contributed by atoms with Crippen LogP contribution < -0.4 is 4.90 Å². The Morgan fingerprint density at radius 1 is 1.22 bits per heavy atom. The maximum atomic E-state index is 13.6. The molecule has 2 aliphatic heterocycles. The first kappa shape index (κ1) is 17.9. The molecule has 0 saturated carbocycles. The maximum Gasteiger partial charge on any atom is 0.258 e. The molecule has 2 heterocycles. The summed E-state index contributed by atoms with van der Waals surface area (Å²) in [4.78, 5) is 17.4. The van der Waals surface area contributed by atoms with E-state index in [1.54, 1.807) is 12.1 Å². The van der Waals surface area contributed by atoms with E-state index in [4.69, 9.17) is 0 Å². The van der Waals surface area contributed by atoms with Crippen molar-refractivity contribution in [2.75, 3.05) is 31.1 Å². The second-order valence-corrected chi connectivity index (χ2v) is 7.79. The zero-order valence-corrected chi connectivity index (χ0v) is 15.7. The minimum absolute atomic E-state index is 0.0119. The van der Waals surface area contributed by atoms with Crippen LogP contribution in [0.1, 0.15) is 34.3 Å². The molecule has 0 unspecified atom stereocenters. The molecule has 1 amide bonds. The number of carbonyl (C=O) groups is 1. The third-order valence-corrected chi connectivity index (χ3v) is 5.99. The summed E-state index contributed by atoms with van der Waals surface area (Å²) >= 11 is 0. The highest BCUT2D eigenvalue weighted by Crippen LogP contribution is 2.47. The number of aryl methyl sites for hydroxylation is 1. The molecule has 0 radical (unpaired) electrons. The van der Waals surface area contributed by atoms with Gasteiger partial charge in [0.2, 0.25) is 0 Å². The Kier molecular flexibility index (Phi) is 4.60. The van der Waals surface area contributed by atoms with Crippen molar-refractivity contribution in [1.29, 1.82) is 0 Å². The molecule has 2 aromatic rings. The second-order valence-electron chi connectivity index (χ2n) is 7.79. The average Bonchev–Trinajstić information content (AvgIpc) is 2.97. The molecule has 1 spiro atoms. The maximum absolute atomic E-state index is 13.6. The highest BCUT2D eigenvalue weighted by atomic mass is 19.1. The molecular formula is C23H25FN2O. The molecular weight excluding hydrogens is 339 g/mol. The minimum Gasteiger partial charge on any atom is -0.307 e. The fraction of sp³-hybridized carbons (Fsp3) is 0.348. The van der Waals surface area contributed by atoms with Crippen molar-refractivity contribution in [1.82, 2.24) is 4.90 Å². The normalized spacial score (nSPS) is 18.5. The van der Waals surface area contributed by atoms with Gasteiger partial charge in [-0.15, -0.1) is 6.58 Å². The SMILES string of the molecule is C=CCN1CCC2(CC1)CN(C(=O)c1cccc(F)c1)c1ccc(C)cc12. The molecule has 0 atom stereocenters. The third kappa shape index (κ3) is 3.19. The molecule has 2 aromatic carbocycles. The summed E-state index contributed by atoms with van der Waals surface area (Å²) < 4.78 is 13.6. The zero-order chi connectivity index (χ0) is 19.0. The molecule has 27 heavy (non-hydrogen) atoms. The van der Waals surface area contributed by atoms with Gasteiger partial charge in [-0.1, -0.05) is 29.8 Å². The lowest BCUT2D eigenvalue weighted by Crippen LogP contribution is -2.46. The van der Waals surface area contributed by atoms with Crippen LogP contribution in [0.5, 0.6) is 0 Å². The van der Waals surface area contributed by atoms with Crippen molar-refractivity contribution < 1.29 is 9.18 Å². The lowest BCUT2D eigenvalue weighted by molar-refractivity contribution is 0.0977. The number of amides is 1. The number of anilines is 1. The van der Waals surface area contributed by atoms with Crippen molar-refractivity contribution in [3.05, 3.63) is 77.6 Å². The molecule has 4 rings (SSSR count). The number of nitrogens with zero attached hydrogens (tertiary/aromatic N) is 2. The summed E-state index contributed by atoms with van der Waals surface area (Å²) in [5.41, 5.74) is 3.85. The van der Waals surface area contributed by atoms with Crippen molar-refractivity contribution in [2.45, 2.75) is 25.2 Å². The monoisotopic (exact) mass is 364 g/mol. The van der Waals surface area contributed by atoms with Crippen LogP contribution in [0.4, 0.5) is 10.1 Å². The number of hydrogen-bond donors (Lipinski definition) is 0. The summed E-state index contributed by atoms with van der Waals surface area (Å²) in [6.07, 6.45) is 3.99. The first-order valence-electron chi connectivity index (χ1n) is 9.54. The molecule has 4 heteroatoms. The number of likely N-dealkylation sites (tertiary alicyclic amines) is 1. The van der Waals surface area contributed by atoms with Crippen LogP contribution in [0.2, 0.25) is 0 Å². The van der Waals surface area contributed by atoms with Crippen LogP contribution >= 0.6 is 0 Å². The van der Waals surface area contributed by atoms with Crippen LogP contribution in [-0.4, -0.2) is 37.0 Å². The van der Waals surface area contributed by atoms with Gasteiger partial charge in [-0.05, 0) is 62.7 Å². The molecule has 0 aliphatic carbocycles. The number of hydrogen-bond acceptors (Lipinski definition) is 2. The van der Waals surface area contributed by atoms with Crippen molar-refractivity contribution in [3.63, 3.8) is 0 Å². The average molecular weight is 364 g/mol. The molecule has 0 bridgehead atoms. The molecule has 0 N–H and O–H groups in total. The molecule has 0 aromatic heterocycles. The van der Waals surface area contributed by atoms with Crippen molar-refractivity contribution >= 4 is 11.6 Å². The smallest absolute Gasteiger partial charge is 0.258 e. The summed E-state index contributed by atoms with van der Waals surface area (Å²) in [7, 11) is 0. The summed E-state index contributed by atoms with van der Waals surface area (Å²) in [6, 6.07) is 12.3. The second kappa shape index (κ2) is 6.93. The summed E-state index contributed by atoms with van der Waals surface area (Å²) in [5, 5.41) is 0. The minimum atomic E-state index is -0.378. The van der Waals surface area contributed by atoms with E-state index in [-0.39, 0.29) is 17.1 Å². The fourth-order valence-corrected chi connectivity index (χ4v) is 4.52. The van der Waals surface area contributed by atoms with Gasteiger partial charge in [0.05, 0.1) is 0 Å². The van der Waals surface area contributed by atoms with E-state index in [1.165, 1.54) is 23.3 Å². The Morgan fingerprint density at radius 3 is 2.70 bits per heavy atom. The fourth-order valence-electron chi connectivity index (χ4n) is 4.52. The number of halogens is 1. The van der Waals surface area contributed by atoms with Gasteiger partial charge in [0.1, 0.15) is 5.82 Å². The molecule has 140 valence electrons. The summed E-state index contributed by atoms with van der Waals surface area (Å²) in [6.45, 7) is 9.52. The van der Waals surface area contributed by atoms with Gasteiger partial charge in [0, 0.05) is 29.8 Å². The van der Waals surface area contributed by atoms with Crippen LogP contribution in [0, 0.1) is 12.7 Å². The van der Waals surface area contributed by atoms with Gasteiger partial charge >= 0.3 is 0 Å². The van der Waals surface area contributed by atoms with Crippen LogP contribution in [0.15, 0.2) is 55.1 Å². The lowest BCUT2D eigenvalue weighted by atomic mass is 9.74. The summed E-state index contributed by atoms with van der Waals surface area (Å²) in [5.74, 6) is -0.498. The van der Waals surface area contributed by atoms with E-state index in [9.17, 15) is 9.18 Å².